The van der Waals surface area contributed by atoms with Crippen LogP contribution in [-0.2, 0) is 4.79 Å². The van der Waals surface area contributed by atoms with Gasteiger partial charge in [0.2, 0.25) is 0 Å². The third kappa shape index (κ3) is 5.17. The molecule has 0 fully saturated rings. The lowest BCUT2D eigenvalue weighted by atomic mass is 10.0. The second-order valence-electron chi connectivity index (χ2n) is 5.19. The summed E-state index contributed by atoms with van der Waals surface area (Å²) in [6.07, 6.45) is 2.21. The van der Waals surface area contributed by atoms with Crippen LogP contribution in [0.2, 0.25) is 0 Å². The molecule has 0 N–H and O–H groups in total. The Morgan fingerprint density at radius 1 is 1.33 bits per heavy atom. The van der Waals surface area contributed by atoms with Crippen molar-refractivity contribution in [1.29, 1.82) is 0 Å². The van der Waals surface area contributed by atoms with E-state index >= 15 is 0 Å². The van der Waals surface area contributed by atoms with Crippen molar-refractivity contribution < 1.29 is 4.79 Å². The molecule has 0 aliphatic rings. The monoisotopic (exact) mass is 266 g/mol. The number of hydrogen-bond acceptors (Lipinski definition) is 4. The van der Waals surface area contributed by atoms with Gasteiger partial charge in [-0.3, -0.25) is 4.79 Å². The molecule has 18 heavy (non-hydrogen) atoms. The van der Waals surface area contributed by atoms with Gasteiger partial charge in [0, 0.05) is 18.5 Å². The average molecular weight is 266 g/mol. The number of nitrogens with zero attached hydrogens (tertiary/aromatic N) is 2. The van der Waals surface area contributed by atoms with Gasteiger partial charge in [0.15, 0.2) is 0 Å². The van der Waals surface area contributed by atoms with Gasteiger partial charge in [0.1, 0.15) is 5.78 Å². The number of hydrogen-bond donors (Lipinski definition) is 0. The molecule has 1 heterocycles. The molecule has 0 spiro atoms. The molecular weight excluding hydrogens is 244 g/mol. The van der Waals surface area contributed by atoms with E-state index in [1.54, 1.807) is 18.0 Å². The number of ketones is 1. The molecule has 1 atom stereocenters. The first kappa shape index (κ1) is 15.2. The van der Waals surface area contributed by atoms with E-state index in [0.717, 1.165) is 11.4 Å². The van der Waals surface area contributed by atoms with Crippen molar-refractivity contribution in [1.82, 2.24) is 10.2 Å². The number of thioether (sulfide) groups is 1. The van der Waals surface area contributed by atoms with E-state index in [4.69, 9.17) is 0 Å². The fourth-order valence-electron chi connectivity index (χ4n) is 1.46. The summed E-state index contributed by atoms with van der Waals surface area (Å²) in [4.78, 5) is 11.9. The zero-order valence-electron chi connectivity index (χ0n) is 11.6. The first-order valence-corrected chi connectivity index (χ1v) is 7.47. The van der Waals surface area contributed by atoms with Crippen LogP contribution in [0.25, 0.3) is 0 Å². The number of rotatable bonds is 7. The van der Waals surface area contributed by atoms with Gasteiger partial charge in [0.05, 0.1) is 10.9 Å². The minimum absolute atomic E-state index is 0.0869. The number of aromatic nitrogens is 2. The maximum atomic E-state index is 11.9. The van der Waals surface area contributed by atoms with Crippen molar-refractivity contribution in [3.05, 3.63) is 24.0 Å². The fraction of sp³-hybridized carbons (Fsp3) is 0.643. The van der Waals surface area contributed by atoms with Crippen LogP contribution >= 0.6 is 11.8 Å². The predicted octanol–water partition coefficient (Wildman–Crippen LogP) is 3.52. The van der Waals surface area contributed by atoms with Crippen LogP contribution in [0, 0.1) is 11.8 Å². The van der Waals surface area contributed by atoms with E-state index in [9.17, 15) is 4.79 Å². The smallest absolute Gasteiger partial charge is 0.136 e. The second-order valence-corrected chi connectivity index (χ2v) is 6.43. The number of Topliss-reactive ketones (excluding diaryl/α,β-unsaturated/α-hetero) is 1. The van der Waals surface area contributed by atoms with Crippen LogP contribution in [0.4, 0.5) is 0 Å². The molecule has 1 rings (SSSR count). The van der Waals surface area contributed by atoms with E-state index < -0.39 is 0 Å². The number of carbonyl (C=O) groups excluding carboxylic acids is 1. The standard InChI is InChI=1S/C14H22N2OS/c1-10(2)9-18-14(8-13(17)11(3)4)12-6-5-7-15-16-12/h5-7,10-11,14H,8-9H2,1-4H3. The highest BCUT2D eigenvalue weighted by atomic mass is 32.2. The summed E-state index contributed by atoms with van der Waals surface area (Å²) in [5, 5.41) is 8.19. The van der Waals surface area contributed by atoms with E-state index in [1.807, 2.05) is 26.0 Å². The third-order valence-electron chi connectivity index (χ3n) is 2.58. The zero-order valence-corrected chi connectivity index (χ0v) is 12.4. The van der Waals surface area contributed by atoms with Crippen LogP contribution < -0.4 is 0 Å². The fourth-order valence-corrected chi connectivity index (χ4v) is 2.66. The predicted molar refractivity (Wildman–Crippen MR) is 76.5 cm³/mol. The van der Waals surface area contributed by atoms with Crippen LogP contribution in [-0.4, -0.2) is 21.7 Å². The zero-order chi connectivity index (χ0) is 13.5. The molecule has 0 saturated heterocycles. The van der Waals surface area contributed by atoms with Gasteiger partial charge in [-0.1, -0.05) is 27.7 Å². The minimum Gasteiger partial charge on any atom is -0.299 e. The van der Waals surface area contributed by atoms with E-state index in [2.05, 4.69) is 24.0 Å². The molecule has 0 saturated carbocycles. The summed E-state index contributed by atoms with van der Waals surface area (Å²) in [6, 6.07) is 3.84. The Kier molecular flexibility index (Phi) is 6.33. The number of carbonyl (C=O) groups is 1. The van der Waals surface area contributed by atoms with Gasteiger partial charge in [-0.05, 0) is 23.8 Å². The lowest BCUT2D eigenvalue weighted by Gasteiger charge is -2.17. The van der Waals surface area contributed by atoms with E-state index in [0.29, 0.717) is 18.1 Å². The molecule has 1 aromatic heterocycles. The molecule has 1 aromatic rings. The SMILES string of the molecule is CC(C)CSC(CC(=O)C(C)C)c1cccnn1. The molecule has 0 aromatic carbocycles. The topological polar surface area (TPSA) is 42.9 Å². The summed E-state index contributed by atoms with van der Waals surface area (Å²) in [5.41, 5.74) is 0.914. The van der Waals surface area contributed by atoms with Crippen LogP contribution in [0.15, 0.2) is 18.3 Å². The Bertz CT molecular complexity index is 365. The van der Waals surface area contributed by atoms with Crippen molar-refractivity contribution in [3.63, 3.8) is 0 Å². The van der Waals surface area contributed by atoms with Gasteiger partial charge < -0.3 is 0 Å². The van der Waals surface area contributed by atoms with Gasteiger partial charge in [-0.15, -0.1) is 0 Å². The van der Waals surface area contributed by atoms with Gasteiger partial charge >= 0.3 is 0 Å². The Balaban J connectivity index is 2.72. The quantitative estimate of drug-likeness (QED) is 0.757. The van der Waals surface area contributed by atoms with Crippen molar-refractivity contribution >= 4 is 17.5 Å². The summed E-state index contributed by atoms with van der Waals surface area (Å²) in [5.74, 6) is 2.03. The molecule has 0 aliphatic heterocycles. The summed E-state index contributed by atoms with van der Waals surface area (Å²) in [6.45, 7) is 8.27. The van der Waals surface area contributed by atoms with Crippen LogP contribution in [0.5, 0.6) is 0 Å². The highest BCUT2D eigenvalue weighted by molar-refractivity contribution is 7.99. The Morgan fingerprint density at radius 2 is 2.06 bits per heavy atom. The average Bonchev–Trinajstić information content (AvgIpc) is 2.34. The van der Waals surface area contributed by atoms with E-state index in [-0.39, 0.29) is 11.2 Å². The molecule has 0 amide bonds. The third-order valence-corrected chi connectivity index (χ3v) is 4.25. The molecule has 0 radical (unpaired) electrons. The Morgan fingerprint density at radius 3 is 2.56 bits per heavy atom. The second kappa shape index (κ2) is 7.52. The molecule has 3 nitrogen and oxygen atoms in total. The van der Waals surface area contributed by atoms with Crippen LogP contribution in [0.3, 0.4) is 0 Å². The largest absolute Gasteiger partial charge is 0.299 e. The van der Waals surface area contributed by atoms with Crippen LogP contribution in [0.1, 0.15) is 45.1 Å². The van der Waals surface area contributed by atoms with Gasteiger partial charge in [0.25, 0.3) is 0 Å². The molecule has 100 valence electrons. The molecular formula is C14H22N2OS. The van der Waals surface area contributed by atoms with E-state index in [1.165, 1.54) is 0 Å². The molecule has 4 heteroatoms. The molecule has 0 bridgehead atoms. The Hall–Kier alpha value is -0.900. The molecule has 0 aliphatic carbocycles. The first-order chi connectivity index (χ1) is 8.50. The molecule has 1 unspecified atom stereocenters. The van der Waals surface area contributed by atoms with Crippen molar-refractivity contribution in [2.24, 2.45) is 11.8 Å². The maximum absolute atomic E-state index is 11.9. The normalized spacial score (nSPS) is 13.0. The first-order valence-electron chi connectivity index (χ1n) is 6.42. The highest BCUT2D eigenvalue weighted by Crippen LogP contribution is 2.32. The lowest BCUT2D eigenvalue weighted by Crippen LogP contribution is -2.12. The Labute approximate surface area is 114 Å². The highest BCUT2D eigenvalue weighted by Gasteiger charge is 2.20. The summed E-state index contributed by atoms with van der Waals surface area (Å²) < 4.78 is 0. The lowest BCUT2D eigenvalue weighted by molar-refractivity contribution is -0.121. The van der Waals surface area contributed by atoms with Crippen molar-refractivity contribution in [2.45, 2.75) is 39.4 Å². The minimum atomic E-state index is 0.0869. The van der Waals surface area contributed by atoms with Crippen molar-refractivity contribution in [2.75, 3.05) is 5.75 Å². The summed E-state index contributed by atoms with van der Waals surface area (Å²) >= 11 is 1.81. The maximum Gasteiger partial charge on any atom is 0.136 e. The summed E-state index contributed by atoms with van der Waals surface area (Å²) in [7, 11) is 0. The van der Waals surface area contributed by atoms with Gasteiger partial charge in [-0.2, -0.15) is 22.0 Å². The van der Waals surface area contributed by atoms with Crippen molar-refractivity contribution in [3.8, 4) is 0 Å². The van der Waals surface area contributed by atoms with Gasteiger partial charge in [-0.25, -0.2) is 0 Å².